The van der Waals surface area contributed by atoms with Gasteiger partial charge in [0.1, 0.15) is 6.10 Å². The third-order valence-corrected chi connectivity index (χ3v) is 4.07. The minimum atomic E-state index is -0.419. The van der Waals surface area contributed by atoms with Gasteiger partial charge in [-0.25, -0.2) is 0 Å². The first-order chi connectivity index (χ1) is 9.65. The first kappa shape index (κ1) is 15.4. The van der Waals surface area contributed by atoms with Crippen molar-refractivity contribution in [2.75, 3.05) is 19.0 Å². The molecule has 0 aromatic heterocycles. The largest absolute Gasteiger partial charge is 0.380 e. The first-order valence-corrected chi connectivity index (χ1v) is 7.37. The van der Waals surface area contributed by atoms with Gasteiger partial charge in [-0.3, -0.25) is 4.79 Å². The van der Waals surface area contributed by atoms with Gasteiger partial charge in [0.05, 0.1) is 12.7 Å². The van der Waals surface area contributed by atoms with Gasteiger partial charge in [-0.1, -0.05) is 22.0 Å². The van der Waals surface area contributed by atoms with E-state index in [0.717, 1.165) is 22.1 Å². The fourth-order valence-corrected chi connectivity index (χ4v) is 2.73. The smallest absolute Gasteiger partial charge is 0.253 e. The summed E-state index contributed by atoms with van der Waals surface area (Å²) in [6.07, 6.45) is 1.11. The van der Waals surface area contributed by atoms with Crippen LogP contribution in [-0.2, 0) is 20.9 Å². The Morgan fingerprint density at radius 3 is 3.00 bits per heavy atom. The van der Waals surface area contributed by atoms with Gasteiger partial charge in [-0.05, 0) is 25.0 Å². The van der Waals surface area contributed by atoms with E-state index >= 15 is 0 Å². The third-order valence-electron chi connectivity index (χ3n) is 3.33. The number of carbonyl (C=O) groups is 1. The predicted molar refractivity (Wildman–Crippen MR) is 80.4 cm³/mol. The van der Waals surface area contributed by atoms with Crippen molar-refractivity contribution in [1.29, 1.82) is 0 Å². The summed E-state index contributed by atoms with van der Waals surface area (Å²) in [4.78, 5) is 12.2. The number of carbonyl (C=O) groups excluding carboxylic acids is 1. The lowest BCUT2D eigenvalue weighted by Crippen LogP contribution is -2.30. The van der Waals surface area contributed by atoms with Gasteiger partial charge in [0.2, 0.25) is 0 Å². The number of benzene rings is 1. The molecule has 0 unspecified atom stereocenters. The number of hydrogen-bond donors (Lipinski definition) is 2. The summed E-state index contributed by atoms with van der Waals surface area (Å²) in [5, 5.41) is 2.91. The lowest BCUT2D eigenvalue weighted by Gasteiger charge is -2.15. The van der Waals surface area contributed by atoms with Gasteiger partial charge < -0.3 is 20.5 Å². The van der Waals surface area contributed by atoms with E-state index in [1.807, 2.05) is 18.2 Å². The van der Waals surface area contributed by atoms with E-state index in [1.54, 1.807) is 7.11 Å². The predicted octanol–water partition coefficient (Wildman–Crippen LogP) is 2.04. The van der Waals surface area contributed by atoms with E-state index in [9.17, 15) is 4.79 Å². The van der Waals surface area contributed by atoms with E-state index in [2.05, 4.69) is 21.2 Å². The summed E-state index contributed by atoms with van der Waals surface area (Å²) in [6.45, 7) is 0.879. The quantitative estimate of drug-likeness (QED) is 0.858. The molecule has 0 spiro atoms. The van der Waals surface area contributed by atoms with Crippen molar-refractivity contribution >= 4 is 27.5 Å². The minimum Gasteiger partial charge on any atom is -0.380 e. The van der Waals surface area contributed by atoms with Gasteiger partial charge in [-0.2, -0.15) is 0 Å². The van der Waals surface area contributed by atoms with Crippen LogP contribution < -0.4 is 11.1 Å². The van der Waals surface area contributed by atoms with Crippen LogP contribution in [0.4, 0.5) is 5.69 Å². The summed E-state index contributed by atoms with van der Waals surface area (Å²) in [6, 6.07) is 5.64. The summed E-state index contributed by atoms with van der Waals surface area (Å²) < 4.78 is 11.7. The maximum absolute atomic E-state index is 12.2. The van der Waals surface area contributed by atoms with Crippen LogP contribution in [0, 0.1) is 0 Å². The van der Waals surface area contributed by atoms with Crippen LogP contribution in [0.25, 0.3) is 0 Å². The molecule has 1 aromatic rings. The van der Waals surface area contributed by atoms with Crippen LogP contribution in [0.1, 0.15) is 18.4 Å². The maximum Gasteiger partial charge on any atom is 0.253 e. The monoisotopic (exact) mass is 342 g/mol. The molecule has 0 radical (unpaired) electrons. The van der Waals surface area contributed by atoms with Crippen molar-refractivity contribution < 1.29 is 14.3 Å². The minimum absolute atomic E-state index is 0.00768. The van der Waals surface area contributed by atoms with E-state index in [-0.39, 0.29) is 12.0 Å². The van der Waals surface area contributed by atoms with Crippen molar-refractivity contribution in [2.45, 2.75) is 31.7 Å². The van der Waals surface area contributed by atoms with Crippen LogP contribution >= 0.6 is 15.9 Å². The summed E-state index contributed by atoms with van der Waals surface area (Å²) in [5.74, 6) is -0.128. The standard InChI is InChI=1S/C14H19BrN2O3/c1-19-8-10-11(15)3-2-4-12(10)17-14(18)13-6-5-9(7-16)20-13/h2-4,9,13H,5-8,16H2,1H3,(H,17,18)/t9-,13+/m1/s1. The molecule has 1 saturated heterocycles. The number of nitrogens with two attached hydrogens (primary N) is 1. The molecule has 2 atom stereocenters. The molecule has 0 saturated carbocycles. The van der Waals surface area contributed by atoms with E-state index in [1.165, 1.54) is 0 Å². The molecule has 6 heteroatoms. The Labute approximate surface area is 126 Å². The highest BCUT2D eigenvalue weighted by molar-refractivity contribution is 9.10. The highest BCUT2D eigenvalue weighted by Crippen LogP contribution is 2.27. The number of halogens is 1. The Kier molecular flexibility index (Phi) is 5.54. The normalized spacial score (nSPS) is 21.9. The third kappa shape index (κ3) is 3.58. The van der Waals surface area contributed by atoms with Crippen LogP contribution in [-0.4, -0.2) is 31.8 Å². The molecule has 0 aliphatic carbocycles. The Balaban J connectivity index is 2.06. The zero-order chi connectivity index (χ0) is 14.5. The molecule has 5 nitrogen and oxygen atoms in total. The van der Waals surface area contributed by atoms with E-state index < -0.39 is 6.10 Å². The Morgan fingerprint density at radius 1 is 1.55 bits per heavy atom. The Bertz CT molecular complexity index is 481. The summed E-state index contributed by atoms with van der Waals surface area (Å²) >= 11 is 3.46. The van der Waals surface area contributed by atoms with Crippen molar-refractivity contribution in [3.8, 4) is 0 Å². The van der Waals surface area contributed by atoms with Crippen molar-refractivity contribution in [2.24, 2.45) is 5.73 Å². The lowest BCUT2D eigenvalue weighted by atomic mass is 10.1. The maximum atomic E-state index is 12.2. The van der Waals surface area contributed by atoms with Gasteiger partial charge in [0.15, 0.2) is 0 Å². The topological polar surface area (TPSA) is 73.6 Å². The zero-order valence-electron chi connectivity index (χ0n) is 11.4. The van der Waals surface area contributed by atoms with Gasteiger partial charge in [0.25, 0.3) is 5.91 Å². The number of hydrogen-bond acceptors (Lipinski definition) is 4. The number of anilines is 1. The second kappa shape index (κ2) is 7.17. The summed E-state index contributed by atoms with van der Waals surface area (Å²) in [5.41, 5.74) is 7.21. The molecule has 110 valence electrons. The fourth-order valence-electron chi connectivity index (χ4n) is 2.25. The second-order valence-corrected chi connectivity index (χ2v) is 5.60. The molecule has 1 aromatic carbocycles. The molecule has 1 aliphatic rings. The molecule has 1 aliphatic heterocycles. The van der Waals surface area contributed by atoms with Gasteiger partial charge in [-0.15, -0.1) is 0 Å². The molecular weight excluding hydrogens is 324 g/mol. The molecule has 1 heterocycles. The van der Waals surface area contributed by atoms with Crippen LogP contribution in [0.2, 0.25) is 0 Å². The van der Waals surface area contributed by atoms with Gasteiger partial charge >= 0.3 is 0 Å². The molecule has 3 N–H and O–H groups in total. The number of ether oxygens (including phenoxy) is 2. The number of amides is 1. The molecule has 2 rings (SSSR count). The molecule has 0 bridgehead atoms. The Morgan fingerprint density at radius 2 is 2.35 bits per heavy atom. The summed E-state index contributed by atoms with van der Waals surface area (Å²) in [7, 11) is 1.62. The first-order valence-electron chi connectivity index (χ1n) is 6.58. The van der Waals surface area contributed by atoms with Gasteiger partial charge in [0, 0.05) is 29.4 Å². The van der Waals surface area contributed by atoms with Crippen molar-refractivity contribution in [1.82, 2.24) is 0 Å². The van der Waals surface area contributed by atoms with Crippen LogP contribution in [0.15, 0.2) is 22.7 Å². The fraction of sp³-hybridized carbons (Fsp3) is 0.500. The number of nitrogens with one attached hydrogen (secondary N) is 1. The van der Waals surface area contributed by atoms with Crippen molar-refractivity contribution in [3.63, 3.8) is 0 Å². The van der Waals surface area contributed by atoms with Crippen LogP contribution in [0.3, 0.4) is 0 Å². The average molecular weight is 343 g/mol. The van der Waals surface area contributed by atoms with Crippen molar-refractivity contribution in [3.05, 3.63) is 28.2 Å². The highest BCUT2D eigenvalue weighted by Gasteiger charge is 2.30. The SMILES string of the molecule is COCc1c(Br)cccc1NC(=O)[C@@H]1CC[C@H](CN)O1. The average Bonchev–Trinajstić information content (AvgIpc) is 2.91. The van der Waals surface area contributed by atoms with E-state index in [0.29, 0.717) is 19.6 Å². The molecule has 20 heavy (non-hydrogen) atoms. The molecule has 1 fully saturated rings. The van der Waals surface area contributed by atoms with E-state index in [4.69, 9.17) is 15.2 Å². The second-order valence-electron chi connectivity index (χ2n) is 4.75. The lowest BCUT2D eigenvalue weighted by molar-refractivity contribution is -0.126. The molecule has 1 amide bonds. The number of rotatable bonds is 5. The number of methoxy groups -OCH3 is 1. The Hall–Kier alpha value is -0.950. The van der Waals surface area contributed by atoms with Crippen LogP contribution in [0.5, 0.6) is 0 Å². The highest BCUT2D eigenvalue weighted by atomic mass is 79.9. The zero-order valence-corrected chi connectivity index (χ0v) is 13.0. The molecular formula is C14H19BrN2O3.